The minimum absolute atomic E-state index is 0.686. The van der Waals surface area contributed by atoms with Crippen LogP contribution in [-0.4, -0.2) is 26.4 Å². The van der Waals surface area contributed by atoms with Gasteiger partial charge in [-0.2, -0.15) is 0 Å². The molecule has 0 saturated carbocycles. The molecule has 0 saturated heterocycles. The van der Waals surface area contributed by atoms with Gasteiger partial charge in [-0.05, 0) is 73.2 Å². The summed E-state index contributed by atoms with van der Waals surface area (Å²) in [7, 11) is 0. The minimum Gasteiger partial charge on any atom is -0.490 e. The van der Waals surface area contributed by atoms with Crippen molar-refractivity contribution < 1.29 is 18.9 Å². The number of unbranched alkanes of at least 4 members (excludes halogenated alkanes) is 28. The lowest BCUT2D eigenvalue weighted by molar-refractivity contribution is 0.258. The molecular weight excluding hydrogens is 777 g/mol. The second-order valence-corrected chi connectivity index (χ2v) is 18.2. The maximum atomic E-state index is 6.46. The van der Waals surface area contributed by atoms with E-state index in [9.17, 15) is 0 Å². The number of hydrogen-bond acceptors (Lipinski definition) is 6. The first-order valence-corrected chi connectivity index (χ1v) is 26.4. The Bertz CT molecular complexity index is 1230. The van der Waals surface area contributed by atoms with Crippen LogP contribution in [0.2, 0.25) is 0 Å². The molecule has 2 aromatic rings. The highest BCUT2D eigenvalue weighted by Gasteiger charge is 2.15. The number of benzene rings is 2. The third-order valence-electron chi connectivity index (χ3n) is 11.7. The van der Waals surface area contributed by atoms with E-state index in [1.165, 1.54) is 180 Å². The van der Waals surface area contributed by atoms with Gasteiger partial charge in [0.15, 0.2) is 23.0 Å². The van der Waals surface area contributed by atoms with E-state index >= 15 is 0 Å². The van der Waals surface area contributed by atoms with Crippen LogP contribution in [-0.2, 0) is 0 Å². The Hall–Kier alpha value is -1.92. The van der Waals surface area contributed by atoms with Crippen molar-refractivity contribution in [2.24, 2.45) is 0 Å². The summed E-state index contributed by atoms with van der Waals surface area (Å²) in [6, 6.07) is 12.5. The van der Waals surface area contributed by atoms with Gasteiger partial charge in [-0.25, -0.2) is 0 Å². The third kappa shape index (κ3) is 26.5. The predicted molar refractivity (Wildman–Crippen MR) is 270 cm³/mol. The Labute approximate surface area is 382 Å². The van der Waals surface area contributed by atoms with Crippen molar-refractivity contribution in [1.29, 1.82) is 0 Å². The Morgan fingerprint density at radius 2 is 0.517 bits per heavy atom. The van der Waals surface area contributed by atoms with Gasteiger partial charge in [-0.3, -0.25) is 0 Å². The first kappa shape index (κ1) is 54.2. The van der Waals surface area contributed by atoms with E-state index in [-0.39, 0.29) is 0 Å². The highest BCUT2D eigenvalue weighted by atomic mass is 32.1. The smallest absolute Gasteiger partial charge is 0.161 e. The largest absolute Gasteiger partial charge is 0.490 e. The highest BCUT2D eigenvalue weighted by Crippen LogP contribution is 2.40. The Morgan fingerprint density at radius 1 is 0.300 bits per heavy atom. The zero-order valence-electron chi connectivity index (χ0n) is 39.4. The van der Waals surface area contributed by atoms with E-state index in [4.69, 9.17) is 44.2 Å². The SMILES string of the molecule is CCCCCCCCCCOc1ccc(/C(S)=C(\S)c2ccc(OCCCCCCCCCC)c(OCCCCCCCCCC)c2)cc1OCCCCCCCCCC. The first-order chi connectivity index (χ1) is 29.5. The number of ether oxygens (including phenoxy) is 4. The van der Waals surface area contributed by atoms with Crippen LogP contribution in [0.1, 0.15) is 244 Å². The average molecular weight is 869 g/mol. The Morgan fingerprint density at radius 3 is 0.767 bits per heavy atom. The average Bonchev–Trinajstić information content (AvgIpc) is 3.26. The lowest BCUT2D eigenvalue weighted by Gasteiger charge is -2.17. The van der Waals surface area contributed by atoms with Gasteiger partial charge in [-0.15, -0.1) is 25.3 Å². The topological polar surface area (TPSA) is 36.9 Å². The van der Waals surface area contributed by atoms with Crippen LogP contribution in [0.3, 0.4) is 0 Å². The second kappa shape index (κ2) is 38.7. The molecule has 344 valence electrons. The molecule has 0 bridgehead atoms. The zero-order valence-corrected chi connectivity index (χ0v) is 41.2. The lowest BCUT2D eigenvalue weighted by Crippen LogP contribution is -2.04. The molecule has 0 amide bonds. The van der Waals surface area contributed by atoms with Crippen molar-refractivity contribution >= 4 is 35.1 Å². The van der Waals surface area contributed by atoms with Crippen molar-refractivity contribution in [3.05, 3.63) is 47.5 Å². The first-order valence-electron chi connectivity index (χ1n) is 25.5. The third-order valence-corrected chi connectivity index (χ3v) is 12.8. The van der Waals surface area contributed by atoms with Crippen LogP contribution in [0, 0.1) is 0 Å². The summed E-state index contributed by atoms with van der Waals surface area (Å²) in [5.74, 6) is 3.22. The van der Waals surface area contributed by atoms with Crippen molar-refractivity contribution in [2.75, 3.05) is 26.4 Å². The summed E-state index contributed by atoms with van der Waals surface area (Å²) in [6.07, 6.45) is 40.9. The van der Waals surface area contributed by atoms with Gasteiger partial charge < -0.3 is 18.9 Å². The van der Waals surface area contributed by atoms with E-state index < -0.39 is 0 Å². The maximum Gasteiger partial charge on any atom is 0.161 e. The molecule has 60 heavy (non-hydrogen) atoms. The normalized spacial score (nSPS) is 11.8. The molecule has 0 radical (unpaired) electrons. The van der Waals surface area contributed by atoms with Gasteiger partial charge in [0.25, 0.3) is 0 Å². The molecule has 0 spiro atoms. The molecule has 4 nitrogen and oxygen atoms in total. The molecule has 0 aromatic heterocycles. The van der Waals surface area contributed by atoms with Crippen molar-refractivity contribution in [3.63, 3.8) is 0 Å². The molecule has 0 unspecified atom stereocenters. The van der Waals surface area contributed by atoms with Crippen LogP contribution >= 0.6 is 25.3 Å². The quantitative estimate of drug-likeness (QED) is 0.0396. The van der Waals surface area contributed by atoms with E-state index in [1.54, 1.807) is 0 Å². The standard InChI is InChI=1S/C54H92O4S2/c1-5-9-13-17-21-25-29-33-41-55-49-39-37-47(45-51(49)57-43-35-31-27-23-19-15-11-7-3)53(59)54(60)48-38-40-50(56-42-34-30-26-22-18-14-10-6-2)52(46-48)58-44-36-32-28-24-20-16-12-8-4/h37-40,45-46,59-60H,5-36,41-44H2,1-4H3/b54-53+. The van der Waals surface area contributed by atoms with Gasteiger partial charge >= 0.3 is 0 Å². The molecule has 2 rings (SSSR count). The molecular formula is C54H92O4S2. The fourth-order valence-electron chi connectivity index (χ4n) is 7.72. The Kier molecular flexibility index (Phi) is 35.0. The van der Waals surface area contributed by atoms with Crippen LogP contribution in [0.25, 0.3) is 9.81 Å². The summed E-state index contributed by atoms with van der Waals surface area (Å²) in [6.45, 7) is 11.9. The van der Waals surface area contributed by atoms with Crippen LogP contribution in [0.15, 0.2) is 36.4 Å². The lowest BCUT2D eigenvalue weighted by atomic mass is 10.1. The zero-order chi connectivity index (χ0) is 43.1. The number of thiol groups is 2. The number of hydrogen-bond donors (Lipinski definition) is 2. The van der Waals surface area contributed by atoms with Gasteiger partial charge in [0.1, 0.15) is 0 Å². The molecule has 0 fully saturated rings. The summed E-state index contributed by atoms with van der Waals surface area (Å²) in [4.78, 5) is 1.60. The molecule has 0 N–H and O–H groups in total. The highest BCUT2D eigenvalue weighted by molar-refractivity contribution is 7.96. The fourth-order valence-corrected chi connectivity index (χ4v) is 8.26. The van der Waals surface area contributed by atoms with Crippen LogP contribution in [0.5, 0.6) is 23.0 Å². The number of rotatable bonds is 42. The summed E-state index contributed by atoms with van der Waals surface area (Å²) >= 11 is 10.1. The van der Waals surface area contributed by atoms with E-state index in [1.807, 2.05) is 0 Å². The Balaban J connectivity index is 2.14. The van der Waals surface area contributed by atoms with E-state index in [2.05, 4.69) is 64.1 Å². The predicted octanol–water partition coefficient (Wildman–Crippen LogP) is 18.4. The molecule has 6 heteroatoms. The van der Waals surface area contributed by atoms with Gasteiger partial charge in [-0.1, -0.05) is 207 Å². The van der Waals surface area contributed by atoms with Crippen molar-refractivity contribution in [1.82, 2.24) is 0 Å². The van der Waals surface area contributed by atoms with Gasteiger partial charge in [0.05, 0.1) is 26.4 Å². The van der Waals surface area contributed by atoms with Crippen molar-refractivity contribution in [2.45, 2.75) is 233 Å². The van der Waals surface area contributed by atoms with Crippen molar-refractivity contribution in [3.8, 4) is 23.0 Å². The fraction of sp³-hybridized carbons (Fsp3) is 0.741. The molecule has 0 heterocycles. The summed E-state index contributed by atoms with van der Waals surface area (Å²) in [5.41, 5.74) is 1.93. The summed E-state index contributed by atoms with van der Waals surface area (Å²) < 4.78 is 25.7. The van der Waals surface area contributed by atoms with Gasteiger partial charge in [0, 0.05) is 9.81 Å². The monoisotopic (exact) mass is 869 g/mol. The van der Waals surface area contributed by atoms with E-state index in [0.29, 0.717) is 26.4 Å². The molecule has 0 aliphatic rings. The van der Waals surface area contributed by atoms with Crippen LogP contribution < -0.4 is 18.9 Å². The second-order valence-electron chi connectivity index (χ2n) is 17.3. The minimum atomic E-state index is 0.686. The van der Waals surface area contributed by atoms with Crippen LogP contribution in [0.4, 0.5) is 0 Å². The molecule has 2 aromatic carbocycles. The molecule has 0 atom stereocenters. The van der Waals surface area contributed by atoms with Gasteiger partial charge in [0.2, 0.25) is 0 Å². The molecule has 0 aliphatic heterocycles. The summed E-state index contributed by atoms with van der Waals surface area (Å²) in [5, 5.41) is 0. The maximum absolute atomic E-state index is 6.46. The van der Waals surface area contributed by atoms with E-state index in [0.717, 1.165) is 69.6 Å². The molecule has 0 aliphatic carbocycles.